The quantitative estimate of drug-likeness (QED) is 0.808. The van der Waals surface area contributed by atoms with Gasteiger partial charge in [0.15, 0.2) is 0 Å². The van der Waals surface area contributed by atoms with Gasteiger partial charge in [0.05, 0.1) is 12.7 Å². The minimum absolute atomic E-state index is 0.386. The van der Waals surface area contributed by atoms with Crippen molar-refractivity contribution < 1.29 is 4.74 Å². The molecule has 0 aromatic rings. The fourth-order valence-electron chi connectivity index (χ4n) is 1.77. The molecule has 2 atom stereocenters. The van der Waals surface area contributed by atoms with Crippen molar-refractivity contribution in [2.24, 2.45) is 0 Å². The lowest BCUT2D eigenvalue weighted by molar-refractivity contribution is -0.0534. The van der Waals surface area contributed by atoms with Crippen molar-refractivity contribution in [1.29, 1.82) is 0 Å². The maximum Gasteiger partial charge on any atom is 0.0703 e. The third-order valence-corrected chi connectivity index (χ3v) is 2.62. The Morgan fingerprint density at radius 2 is 1.81 bits per heavy atom. The number of rotatable bonds is 3. The molecule has 0 amide bonds. The maximum atomic E-state index is 5.59. The Balaban J connectivity index is 0. The first-order chi connectivity index (χ1) is 7.75. The van der Waals surface area contributed by atoms with Crippen LogP contribution < -0.4 is 5.32 Å². The molecule has 16 heavy (non-hydrogen) atoms. The van der Waals surface area contributed by atoms with E-state index in [2.05, 4.69) is 24.2 Å². The SMILES string of the molecule is CC.CC.CNCCC1C(C)OCCN1C. The zero-order valence-electron chi connectivity index (χ0n) is 12.3. The highest BCUT2D eigenvalue weighted by Crippen LogP contribution is 2.14. The number of nitrogens with one attached hydrogen (secondary N) is 1. The van der Waals surface area contributed by atoms with E-state index in [9.17, 15) is 0 Å². The van der Waals surface area contributed by atoms with Gasteiger partial charge in [-0.15, -0.1) is 0 Å². The van der Waals surface area contributed by atoms with Gasteiger partial charge < -0.3 is 10.1 Å². The van der Waals surface area contributed by atoms with E-state index in [0.29, 0.717) is 12.1 Å². The van der Waals surface area contributed by atoms with Crippen LogP contribution in [0.5, 0.6) is 0 Å². The van der Waals surface area contributed by atoms with Crippen molar-refractivity contribution in [1.82, 2.24) is 10.2 Å². The molecule has 0 bridgehead atoms. The summed E-state index contributed by atoms with van der Waals surface area (Å²) >= 11 is 0. The third kappa shape index (κ3) is 7.20. The van der Waals surface area contributed by atoms with Crippen molar-refractivity contribution in [3.8, 4) is 0 Å². The molecule has 1 N–H and O–H groups in total. The van der Waals surface area contributed by atoms with Crippen LogP contribution in [-0.2, 0) is 4.74 Å². The third-order valence-electron chi connectivity index (χ3n) is 2.62. The first-order valence-corrected chi connectivity index (χ1v) is 6.72. The summed E-state index contributed by atoms with van der Waals surface area (Å²) in [7, 11) is 4.17. The van der Waals surface area contributed by atoms with Crippen molar-refractivity contribution in [2.75, 3.05) is 33.8 Å². The molecule has 0 aromatic heterocycles. The summed E-state index contributed by atoms with van der Waals surface area (Å²) in [6.07, 6.45) is 1.56. The van der Waals surface area contributed by atoms with Crippen LogP contribution in [0.25, 0.3) is 0 Å². The monoisotopic (exact) mass is 232 g/mol. The minimum Gasteiger partial charge on any atom is -0.376 e. The Hall–Kier alpha value is -0.120. The number of hydrogen-bond acceptors (Lipinski definition) is 3. The van der Waals surface area contributed by atoms with E-state index in [-0.39, 0.29) is 0 Å². The zero-order valence-corrected chi connectivity index (χ0v) is 12.3. The molecule has 1 heterocycles. The summed E-state index contributed by atoms with van der Waals surface area (Å²) in [5, 5.41) is 3.17. The van der Waals surface area contributed by atoms with Crippen molar-refractivity contribution in [3.63, 3.8) is 0 Å². The van der Waals surface area contributed by atoms with E-state index in [1.165, 1.54) is 6.42 Å². The summed E-state index contributed by atoms with van der Waals surface area (Å²) in [6, 6.07) is 0.589. The molecule has 1 rings (SSSR count). The van der Waals surface area contributed by atoms with Gasteiger partial charge in [0.2, 0.25) is 0 Å². The predicted octanol–water partition coefficient (Wildman–Crippen LogP) is 2.37. The first-order valence-electron chi connectivity index (χ1n) is 6.72. The minimum atomic E-state index is 0.386. The molecule has 100 valence electrons. The highest BCUT2D eigenvalue weighted by atomic mass is 16.5. The van der Waals surface area contributed by atoms with E-state index in [0.717, 1.165) is 19.7 Å². The average Bonchev–Trinajstić information content (AvgIpc) is 2.34. The topological polar surface area (TPSA) is 24.5 Å². The van der Waals surface area contributed by atoms with Crippen LogP contribution >= 0.6 is 0 Å². The van der Waals surface area contributed by atoms with Gasteiger partial charge in [0, 0.05) is 12.6 Å². The smallest absolute Gasteiger partial charge is 0.0703 e. The molecule has 3 heteroatoms. The lowest BCUT2D eigenvalue weighted by Crippen LogP contribution is -2.48. The second kappa shape index (κ2) is 12.9. The summed E-state index contributed by atoms with van der Waals surface area (Å²) in [4.78, 5) is 2.39. The fraction of sp³-hybridized carbons (Fsp3) is 1.00. The Bertz CT molecular complexity index is 121. The molecule has 0 aliphatic carbocycles. The van der Waals surface area contributed by atoms with Gasteiger partial charge in [-0.2, -0.15) is 0 Å². The lowest BCUT2D eigenvalue weighted by Gasteiger charge is -2.37. The lowest BCUT2D eigenvalue weighted by atomic mass is 10.1. The molecular weight excluding hydrogens is 200 g/mol. The molecule has 0 aromatic carbocycles. The maximum absolute atomic E-state index is 5.59. The Kier molecular flexibility index (Phi) is 14.8. The molecule has 0 saturated carbocycles. The molecular formula is C13H32N2O. The molecule has 0 radical (unpaired) electrons. The van der Waals surface area contributed by atoms with Gasteiger partial charge >= 0.3 is 0 Å². The van der Waals surface area contributed by atoms with Crippen LogP contribution in [0.1, 0.15) is 41.0 Å². The van der Waals surface area contributed by atoms with Gasteiger partial charge in [-0.25, -0.2) is 0 Å². The average molecular weight is 232 g/mol. The molecule has 1 aliphatic rings. The van der Waals surface area contributed by atoms with Crippen molar-refractivity contribution in [2.45, 2.75) is 53.2 Å². The van der Waals surface area contributed by atoms with E-state index in [1.54, 1.807) is 0 Å². The highest BCUT2D eigenvalue weighted by Gasteiger charge is 2.25. The van der Waals surface area contributed by atoms with Crippen LogP contribution in [0, 0.1) is 0 Å². The molecule has 1 fully saturated rings. The fourth-order valence-corrected chi connectivity index (χ4v) is 1.77. The van der Waals surface area contributed by atoms with E-state index in [1.807, 2.05) is 34.7 Å². The summed E-state index contributed by atoms with van der Waals surface area (Å²) in [5.74, 6) is 0. The highest BCUT2D eigenvalue weighted by molar-refractivity contribution is 4.79. The largest absolute Gasteiger partial charge is 0.376 e. The van der Waals surface area contributed by atoms with E-state index < -0.39 is 0 Å². The van der Waals surface area contributed by atoms with Gasteiger partial charge in [-0.05, 0) is 34.0 Å². The first kappa shape index (κ1) is 18.3. The predicted molar refractivity (Wildman–Crippen MR) is 73.1 cm³/mol. The summed E-state index contributed by atoms with van der Waals surface area (Å²) < 4.78 is 5.59. The van der Waals surface area contributed by atoms with Crippen LogP contribution in [-0.4, -0.2) is 50.8 Å². The van der Waals surface area contributed by atoms with Crippen LogP contribution in [0.3, 0.4) is 0 Å². The molecule has 1 aliphatic heterocycles. The number of morpholine rings is 1. The molecule has 1 saturated heterocycles. The van der Waals surface area contributed by atoms with Crippen molar-refractivity contribution >= 4 is 0 Å². The van der Waals surface area contributed by atoms with E-state index >= 15 is 0 Å². The Labute approximate surface area is 103 Å². The van der Waals surface area contributed by atoms with Gasteiger partial charge in [-0.3, -0.25) is 4.90 Å². The zero-order chi connectivity index (χ0) is 13.0. The van der Waals surface area contributed by atoms with Crippen LogP contribution in [0.2, 0.25) is 0 Å². The summed E-state index contributed by atoms with van der Waals surface area (Å²) in [6.45, 7) is 13.2. The van der Waals surface area contributed by atoms with Gasteiger partial charge in [0.1, 0.15) is 0 Å². The number of likely N-dealkylation sites (N-methyl/N-ethyl adjacent to an activating group) is 1. The molecule has 2 unspecified atom stereocenters. The molecule has 3 nitrogen and oxygen atoms in total. The summed E-state index contributed by atoms with van der Waals surface area (Å²) in [5.41, 5.74) is 0. The normalized spacial score (nSPS) is 24.9. The number of nitrogens with zero attached hydrogens (tertiary/aromatic N) is 1. The van der Waals surface area contributed by atoms with Gasteiger partial charge in [-0.1, -0.05) is 27.7 Å². The standard InChI is InChI=1S/C9H20N2O.2C2H6/c1-8-9(4-5-10-2)11(3)6-7-12-8;2*1-2/h8-10H,4-7H2,1-3H3;2*1-2H3. The second-order valence-electron chi connectivity index (χ2n) is 3.52. The number of ether oxygens (including phenoxy) is 1. The Morgan fingerprint density at radius 1 is 1.25 bits per heavy atom. The Morgan fingerprint density at radius 3 is 2.25 bits per heavy atom. The van der Waals surface area contributed by atoms with Crippen LogP contribution in [0.4, 0.5) is 0 Å². The second-order valence-corrected chi connectivity index (χ2v) is 3.52. The number of hydrogen-bond donors (Lipinski definition) is 1. The van der Waals surface area contributed by atoms with E-state index in [4.69, 9.17) is 4.74 Å². The van der Waals surface area contributed by atoms with Crippen molar-refractivity contribution in [3.05, 3.63) is 0 Å². The molecule has 0 spiro atoms. The van der Waals surface area contributed by atoms with Gasteiger partial charge in [0.25, 0.3) is 0 Å². The van der Waals surface area contributed by atoms with Crippen LogP contribution in [0.15, 0.2) is 0 Å².